The maximum atomic E-state index is 12.7. The zero-order valence-electron chi connectivity index (χ0n) is 16.3. The third-order valence-corrected chi connectivity index (χ3v) is 6.71. The fraction of sp³-hybridized carbons (Fsp3) is 0.238. The Bertz CT molecular complexity index is 1200. The second kappa shape index (κ2) is 8.59. The number of carbonyl (C=O) groups excluding carboxylic acids is 1. The molecule has 0 saturated heterocycles. The van der Waals surface area contributed by atoms with Gasteiger partial charge < -0.3 is 9.88 Å². The summed E-state index contributed by atoms with van der Waals surface area (Å²) in [6.07, 6.45) is 1.57. The molecule has 0 bridgehead atoms. The molecule has 1 aromatic heterocycles. The van der Waals surface area contributed by atoms with Gasteiger partial charge in [0, 0.05) is 30.4 Å². The van der Waals surface area contributed by atoms with Crippen LogP contribution in [0.4, 0.5) is 5.69 Å². The smallest absolute Gasteiger partial charge is 0.258 e. The molecule has 8 heteroatoms. The van der Waals surface area contributed by atoms with Gasteiger partial charge in [0.05, 0.1) is 4.90 Å². The van der Waals surface area contributed by atoms with E-state index in [1.807, 2.05) is 12.1 Å². The average Bonchev–Trinajstić information content (AvgIpc) is 2.71. The van der Waals surface area contributed by atoms with Gasteiger partial charge in [0.1, 0.15) is 6.54 Å². The molecule has 1 N–H and O–H groups in total. The normalized spacial score (nSPS) is 11.7. The van der Waals surface area contributed by atoms with Gasteiger partial charge in [0.15, 0.2) is 0 Å². The number of sulfonamides is 1. The molecular formula is C21H23N3O4S. The first-order valence-corrected chi connectivity index (χ1v) is 10.8. The number of amides is 1. The minimum Gasteiger partial charge on any atom is -0.324 e. The Labute approximate surface area is 169 Å². The molecule has 0 radical (unpaired) electrons. The highest BCUT2D eigenvalue weighted by Gasteiger charge is 2.21. The Morgan fingerprint density at radius 1 is 1.03 bits per heavy atom. The largest absolute Gasteiger partial charge is 0.324 e. The molecule has 0 saturated carbocycles. The summed E-state index contributed by atoms with van der Waals surface area (Å²) in [4.78, 5) is 25.1. The third kappa shape index (κ3) is 4.38. The van der Waals surface area contributed by atoms with Crippen LogP contribution < -0.4 is 10.9 Å². The maximum absolute atomic E-state index is 12.7. The van der Waals surface area contributed by atoms with E-state index in [0.717, 1.165) is 5.39 Å². The Morgan fingerprint density at radius 3 is 2.48 bits per heavy atom. The van der Waals surface area contributed by atoms with Crippen molar-refractivity contribution < 1.29 is 13.2 Å². The van der Waals surface area contributed by atoms with Crippen molar-refractivity contribution in [1.29, 1.82) is 0 Å². The minimum absolute atomic E-state index is 0.113. The number of anilines is 1. The highest BCUT2D eigenvalue weighted by atomic mass is 32.2. The molecule has 0 aliphatic carbocycles. The summed E-state index contributed by atoms with van der Waals surface area (Å²) >= 11 is 0. The summed E-state index contributed by atoms with van der Waals surface area (Å²) in [5.41, 5.74) is 0.105. The van der Waals surface area contributed by atoms with Gasteiger partial charge >= 0.3 is 0 Å². The molecule has 1 amide bonds. The van der Waals surface area contributed by atoms with E-state index in [-0.39, 0.29) is 17.0 Å². The first kappa shape index (κ1) is 20.8. The van der Waals surface area contributed by atoms with Crippen molar-refractivity contribution in [1.82, 2.24) is 8.87 Å². The molecule has 0 spiro atoms. The van der Waals surface area contributed by atoms with Crippen molar-refractivity contribution in [2.24, 2.45) is 0 Å². The predicted octanol–water partition coefficient (Wildman–Crippen LogP) is 2.67. The molecule has 0 atom stereocenters. The van der Waals surface area contributed by atoms with Crippen LogP contribution in [-0.2, 0) is 21.4 Å². The lowest BCUT2D eigenvalue weighted by Crippen LogP contribution is -2.30. The molecular weight excluding hydrogens is 390 g/mol. The van der Waals surface area contributed by atoms with Crippen molar-refractivity contribution in [2.45, 2.75) is 25.3 Å². The lowest BCUT2D eigenvalue weighted by atomic mass is 10.2. The lowest BCUT2D eigenvalue weighted by molar-refractivity contribution is -0.116. The molecule has 0 fully saturated rings. The van der Waals surface area contributed by atoms with Crippen molar-refractivity contribution >= 4 is 32.4 Å². The third-order valence-electron chi connectivity index (χ3n) is 4.66. The van der Waals surface area contributed by atoms with E-state index in [9.17, 15) is 18.0 Å². The van der Waals surface area contributed by atoms with Crippen LogP contribution in [0.15, 0.2) is 70.5 Å². The molecule has 0 aliphatic heterocycles. The Balaban J connectivity index is 1.80. The molecule has 0 aliphatic rings. The molecule has 3 aromatic rings. The van der Waals surface area contributed by atoms with Gasteiger partial charge in [-0.25, -0.2) is 8.42 Å². The SMILES string of the molecule is CCN(CC)S(=O)(=O)c1cccc(NC(=O)Cn2ccc3ccccc3c2=O)c1. The van der Waals surface area contributed by atoms with E-state index < -0.39 is 15.9 Å². The fourth-order valence-corrected chi connectivity index (χ4v) is 4.66. The Morgan fingerprint density at radius 2 is 1.76 bits per heavy atom. The van der Waals surface area contributed by atoms with Crippen LogP contribution in [0, 0.1) is 0 Å². The molecule has 0 unspecified atom stereocenters. The number of fused-ring (bicyclic) bond motifs is 1. The van der Waals surface area contributed by atoms with Gasteiger partial charge in [0.2, 0.25) is 15.9 Å². The first-order chi connectivity index (χ1) is 13.9. The maximum Gasteiger partial charge on any atom is 0.258 e. The van der Waals surface area contributed by atoms with E-state index in [2.05, 4.69) is 5.32 Å². The van der Waals surface area contributed by atoms with Crippen LogP contribution in [0.1, 0.15) is 13.8 Å². The zero-order valence-corrected chi connectivity index (χ0v) is 17.1. The lowest BCUT2D eigenvalue weighted by Gasteiger charge is -2.19. The highest BCUT2D eigenvalue weighted by Crippen LogP contribution is 2.19. The van der Waals surface area contributed by atoms with Crippen molar-refractivity contribution in [3.8, 4) is 0 Å². The van der Waals surface area contributed by atoms with Crippen molar-refractivity contribution in [3.05, 3.63) is 71.1 Å². The van der Waals surface area contributed by atoms with Gasteiger partial charge in [-0.3, -0.25) is 9.59 Å². The highest BCUT2D eigenvalue weighted by molar-refractivity contribution is 7.89. The fourth-order valence-electron chi connectivity index (χ4n) is 3.16. The number of nitrogens with one attached hydrogen (secondary N) is 1. The van der Waals surface area contributed by atoms with Gasteiger partial charge in [-0.2, -0.15) is 4.31 Å². The molecule has 29 heavy (non-hydrogen) atoms. The van der Waals surface area contributed by atoms with Crippen LogP contribution >= 0.6 is 0 Å². The standard InChI is InChI=1S/C21H23N3O4S/c1-3-24(4-2)29(27,28)18-10-7-9-17(14-18)22-20(25)15-23-13-12-16-8-5-6-11-19(16)21(23)26/h5-14H,3-4,15H2,1-2H3,(H,22,25). The topological polar surface area (TPSA) is 88.5 Å². The summed E-state index contributed by atoms with van der Waals surface area (Å²) in [6.45, 7) is 4.10. The van der Waals surface area contributed by atoms with Gasteiger partial charge in [-0.15, -0.1) is 0 Å². The summed E-state index contributed by atoms with van der Waals surface area (Å²) in [5.74, 6) is -0.417. The Hall–Kier alpha value is -2.97. The second-order valence-corrected chi connectivity index (χ2v) is 8.44. The average molecular weight is 413 g/mol. The van der Waals surface area contributed by atoms with Crippen LogP contribution in [0.3, 0.4) is 0 Å². The van der Waals surface area contributed by atoms with E-state index in [4.69, 9.17) is 0 Å². The predicted molar refractivity (Wildman–Crippen MR) is 113 cm³/mol. The summed E-state index contributed by atoms with van der Waals surface area (Å²) in [6, 6.07) is 15.1. The number of rotatable bonds is 7. The number of carbonyl (C=O) groups is 1. The summed E-state index contributed by atoms with van der Waals surface area (Å²) in [7, 11) is -3.62. The number of benzene rings is 2. The van der Waals surface area contributed by atoms with Gasteiger partial charge in [0.25, 0.3) is 5.56 Å². The van der Waals surface area contributed by atoms with E-state index in [0.29, 0.717) is 24.2 Å². The number of aromatic nitrogens is 1. The molecule has 152 valence electrons. The van der Waals surface area contributed by atoms with Crippen LogP contribution in [-0.4, -0.2) is 36.3 Å². The van der Waals surface area contributed by atoms with Gasteiger partial charge in [-0.05, 0) is 35.7 Å². The minimum atomic E-state index is -3.62. The molecule has 7 nitrogen and oxygen atoms in total. The number of nitrogens with zero attached hydrogens (tertiary/aromatic N) is 2. The molecule has 3 rings (SSSR count). The van der Waals surface area contributed by atoms with E-state index in [1.165, 1.54) is 21.0 Å². The van der Waals surface area contributed by atoms with Crippen LogP contribution in [0.5, 0.6) is 0 Å². The summed E-state index contributed by atoms with van der Waals surface area (Å²) in [5, 5.41) is 4.02. The zero-order chi connectivity index (χ0) is 21.0. The first-order valence-electron chi connectivity index (χ1n) is 9.35. The van der Waals surface area contributed by atoms with E-state index >= 15 is 0 Å². The van der Waals surface area contributed by atoms with Crippen LogP contribution in [0.2, 0.25) is 0 Å². The molecule has 1 heterocycles. The quantitative estimate of drug-likeness (QED) is 0.645. The number of hydrogen-bond acceptors (Lipinski definition) is 4. The van der Waals surface area contributed by atoms with Gasteiger partial charge in [-0.1, -0.05) is 38.1 Å². The second-order valence-electron chi connectivity index (χ2n) is 6.50. The van der Waals surface area contributed by atoms with Crippen molar-refractivity contribution in [2.75, 3.05) is 18.4 Å². The Kier molecular flexibility index (Phi) is 6.14. The van der Waals surface area contributed by atoms with E-state index in [1.54, 1.807) is 50.4 Å². The number of pyridine rings is 1. The molecule has 2 aromatic carbocycles. The number of hydrogen-bond donors (Lipinski definition) is 1. The van der Waals surface area contributed by atoms with Crippen LogP contribution in [0.25, 0.3) is 10.8 Å². The summed E-state index contributed by atoms with van der Waals surface area (Å²) < 4.78 is 28.0. The monoisotopic (exact) mass is 413 g/mol. The van der Waals surface area contributed by atoms with Crippen molar-refractivity contribution in [3.63, 3.8) is 0 Å².